The summed E-state index contributed by atoms with van der Waals surface area (Å²) in [5.41, 5.74) is 0. The lowest BCUT2D eigenvalue weighted by atomic mass is 10.0. The van der Waals surface area contributed by atoms with Crippen LogP contribution in [0.4, 0.5) is 0 Å². The zero-order chi connectivity index (χ0) is 13.8. The lowest BCUT2D eigenvalue weighted by Gasteiger charge is -2.31. The fraction of sp³-hybridized carbons (Fsp3) is 0.846. The summed E-state index contributed by atoms with van der Waals surface area (Å²) in [5, 5.41) is 6.48. The molecule has 108 valence electrons. The van der Waals surface area contributed by atoms with Crippen LogP contribution >= 0.6 is 11.8 Å². The molecule has 0 aromatic rings. The Bertz CT molecular complexity index is 351. The van der Waals surface area contributed by atoms with Crippen molar-refractivity contribution in [3.05, 3.63) is 0 Å². The van der Waals surface area contributed by atoms with E-state index in [0.717, 1.165) is 25.1 Å². The van der Waals surface area contributed by atoms with E-state index in [-0.39, 0.29) is 23.9 Å². The van der Waals surface area contributed by atoms with E-state index >= 15 is 0 Å². The first kappa shape index (κ1) is 14.7. The number of carbonyl (C=O) groups is 2. The van der Waals surface area contributed by atoms with Crippen molar-refractivity contribution in [3.63, 3.8) is 0 Å². The summed E-state index contributed by atoms with van der Waals surface area (Å²) in [6, 6.07) is 0.418. The number of nitrogens with zero attached hydrogens (tertiary/aromatic N) is 1. The molecule has 0 bridgehead atoms. The molecule has 2 amide bonds. The third-order valence-electron chi connectivity index (χ3n) is 3.78. The molecule has 2 aliphatic heterocycles. The van der Waals surface area contributed by atoms with E-state index in [9.17, 15) is 9.59 Å². The van der Waals surface area contributed by atoms with Crippen molar-refractivity contribution in [2.24, 2.45) is 0 Å². The number of amides is 2. The fourth-order valence-corrected chi connectivity index (χ4v) is 3.85. The molecule has 2 rings (SSSR count). The van der Waals surface area contributed by atoms with Gasteiger partial charge in [0.25, 0.3) is 0 Å². The number of hydrogen-bond acceptors (Lipinski definition) is 4. The van der Waals surface area contributed by atoms with Crippen LogP contribution in [-0.4, -0.2) is 53.0 Å². The maximum Gasteiger partial charge on any atom is 0.243 e. The molecule has 0 saturated carbocycles. The third kappa shape index (κ3) is 3.63. The average molecular weight is 285 g/mol. The molecule has 3 atom stereocenters. The summed E-state index contributed by atoms with van der Waals surface area (Å²) in [7, 11) is 0. The van der Waals surface area contributed by atoms with Gasteiger partial charge >= 0.3 is 0 Å². The second-order valence-corrected chi connectivity index (χ2v) is 6.32. The zero-order valence-corrected chi connectivity index (χ0v) is 12.5. The SMILES string of the molecule is CCC(=O)N1CSCC1C(=O)NC1CCNC(C)C1. The van der Waals surface area contributed by atoms with Gasteiger partial charge in [-0.3, -0.25) is 9.59 Å². The minimum Gasteiger partial charge on any atom is -0.351 e. The highest BCUT2D eigenvalue weighted by Gasteiger charge is 2.35. The molecule has 2 heterocycles. The van der Waals surface area contributed by atoms with Crippen LogP contribution in [-0.2, 0) is 9.59 Å². The molecular formula is C13H23N3O2S. The van der Waals surface area contributed by atoms with Crippen LogP contribution < -0.4 is 10.6 Å². The summed E-state index contributed by atoms with van der Waals surface area (Å²) in [6.45, 7) is 4.93. The molecule has 3 unspecified atom stereocenters. The number of nitrogens with one attached hydrogen (secondary N) is 2. The van der Waals surface area contributed by atoms with E-state index in [4.69, 9.17) is 0 Å². The largest absolute Gasteiger partial charge is 0.351 e. The van der Waals surface area contributed by atoms with Crippen LogP contribution in [0.1, 0.15) is 33.1 Å². The first-order valence-electron chi connectivity index (χ1n) is 7.02. The Morgan fingerprint density at radius 2 is 2.26 bits per heavy atom. The monoisotopic (exact) mass is 285 g/mol. The molecule has 2 fully saturated rings. The van der Waals surface area contributed by atoms with Gasteiger partial charge in [-0.05, 0) is 26.3 Å². The Balaban J connectivity index is 1.89. The number of rotatable bonds is 3. The smallest absolute Gasteiger partial charge is 0.243 e. The topological polar surface area (TPSA) is 61.4 Å². The molecule has 19 heavy (non-hydrogen) atoms. The van der Waals surface area contributed by atoms with E-state index in [1.54, 1.807) is 16.7 Å². The number of piperidine rings is 1. The van der Waals surface area contributed by atoms with Crippen molar-refractivity contribution in [2.75, 3.05) is 18.2 Å². The summed E-state index contributed by atoms with van der Waals surface area (Å²) < 4.78 is 0. The number of hydrogen-bond donors (Lipinski definition) is 2. The van der Waals surface area contributed by atoms with Gasteiger partial charge in [0.15, 0.2) is 0 Å². The molecule has 0 aliphatic carbocycles. The van der Waals surface area contributed by atoms with Gasteiger partial charge in [0.05, 0.1) is 5.88 Å². The van der Waals surface area contributed by atoms with Crippen molar-refractivity contribution < 1.29 is 9.59 Å². The maximum atomic E-state index is 12.3. The van der Waals surface area contributed by atoms with Crippen LogP contribution in [0.3, 0.4) is 0 Å². The second kappa shape index (κ2) is 6.61. The lowest BCUT2D eigenvalue weighted by Crippen LogP contribution is -2.53. The Morgan fingerprint density at radius 1 is 1.47 bits per heavy atom. The van der Waals surface area contributed by atoms with Gasteiger partial charge in [-0.1, -0.05) is 6.92 Å². The molecule has 0 aromatic heterocycles. The first-order chi connectivity index (χ1) is 9.11. The number of carbonyl (C=O) groups excluding carboxylic acids is 2. The molecule has 5 nitrogen and oxygen atoms in total. The summed E-state index contributed by atoms with van der Waals surface area (Å²) in [6.07, 6.45) is 2.40. The molecule has 2 saturated heterocycles. The Kier molecular flexibility index (Phi) is 5.10. The van der Waals surface area contributed by atoms with E-state index in [0.29, 0.717) is 18.3 Å². The minimum atomic E-state index is -0.275. The van der Waals surface area contributed by atoms with Crippen LogP contribution in [0.5, 0.6) is 0 Å². The van der Waals surface area contributed by atoms with Crippen LogP contribution in [0, 0.1) is 0 Å². The predicted octanol–water partition coefficient (Wildman–Crippen LogP) is 0.555. The van der Waals surface area contributed by atoms with E-state index in [1.807, 2.05) is 6.92 Å². The maximum absolute atomic E-state index is 12.3. The van der Waals surface area contributed by atoms with Crippen molar-refractivity contribution >= 4 is 23.6 Å². The van der Waals surface area contributed by atoms with Gasteiger partial charge in [0, 0.05) is 24.3 Å². The molecule has 6 heteroatoms. The third-order valence-corrected chi connectivity index (χ3v) is 4.79. The van der Waals surface area contributed by atoms with Gasteiger partial charge in [-0.15, -0.1) is 11.8 Å². The molecule has 2 aliphatic rings. The van der Waals surface area contributed by atoms with Crippen LogP contribution in [0.15, 0.2) is 0 Å². The van der Waals surface area contributed by atoms with Gasteiger partial charge in [0.1, 0.15) is 6.04 Å². The summed E-state index contributed by atoms with van der Waals surface area (Å²) >= 11 is 1.66. The predicted molar refractivity (Wildman–Crippen MR) is 76.9 cm³/mol. The number of thioether (sulfide) groups is 1. The lowest BCUT2D eigenvalue weighted by molar-refractivity contribution is -0.138. The van der Waals surface area contributed by atoms with E-state index < -0.39 is 0 Å². The Labute approximate surface area is 118 Å². The van der Waals surface area contributed by atoms with Gasteiger partial charge in [0.2, 0.25) is 11.8 Å². The Morgan fingerprint density at radius 3 is 2.95 bits per heavy atom. The molecule has 0 spiro atoms. The standard InChI is InChI=1S/C13H23N3O2S/c1-3-12(17)16-8-19-7-11(16)13(18)15-10-4-5-14-9(2)6-10/h9-11,14H,3-8H2,1-2H3,(H,15,18). The van der Waals surface area contributed by atoms with Gasteiger partial charge in [-0.2, -0.15) is 0 Å². The Hall–Kier alpha value is -0.750. The quantitative estimate of drug-likeness (QED) is 0.795. The zero-order valence-electron chi connectivity index (χ0n) is 11.6. The molecule has 0 aromatic carbocycles. The normalized spacial score (nSPS) is 31.3. The average Bonchev–Trinajstić information content (AvgIpc) is 2.87. The molecule has 0 radical (unpaired) electrons. The van der Waals surface area contributed by atoms with Gasteiger partial charge in [-0.25, -0.2) is 0 Å². The highest BCUT2D eigenvalue weighted by atomic mass is 32.2. The molecular weight excluding hydrogens is 262 g/mol. The minimum absolute atomic E-state index is 0.0194. The van der Waals surface area contributed by atoms with Crippen molar-refractivity contribution in [1.82, 2.24) is 15.5 Å². The van der Waals surface area contributed by atoms with Crippen molar-refractivity contribution in [3.8, 4) is 0 Å². The van der Waals surface area contributed by atoms with Crippen LogP contribution in [0.2, 0.25) is 0 Å². The van der Waals surface area contributed by atoms with Crippen LogP contribution in [0.25, 0.3) is 0 Å². The van der Waals surface area contributed by atoms with Gasteiger partial charge < -0.3 is 15.5 Å². The highest BCUT2D eigenvalue weighted by Crippen LogP contribution is 2.22. The van der Waals surface area contributed by atoms with E-state index in [2.05, 4.69) is 17.6 Å². The fourth-order valence-electron chi connectivity index (χ4n) is 2.67. The summed E-state index contributed by atoms with van der Waals surface area (Å²) in [5.74, 6) is 1.46. The highest BCUT2D eigenvalue weighted by molar-refractivity contribution is 7.99. The van der Waals surface area contributed by atoms with E-state index in [1.165, 1.54) is 0 Å². The first-order valence-corrected chi connectivity index (χ1v) is 8.18. The summed E-state index contributed by atoms with van der Waals surface area (Å²) in [4.78, 5) is 25.8. The second-order valence-electron chi connectivity index (χ2n) is 5.32. The molecule has 2 N–H and O–H groups in total. The van der Waals surface area contributed by atoms with Crippen molar-refractivity contribution in [1.29, 1.82) is 0 Å². The van der Waals surface area contributed by atoms with Crippen molar-refractivity contribution in [2.45, 2.75) is 51.2 Å².